The molecule has 0 unspecified atom stereocenters. The molecule has 0 radical (unpaired) electrons. The second-order valence-electron chi connectivity index (χ2n) is 3.67. The fourth-order valence-corrected chi connectivity index (χ4v) is 1.64. The number of Topliss-reactive ketones (excluding diaryl/α,β-unsaturated/α-hetero) is 1. The number of benzene rings is 1. The van der Waals surface area contributed by atoms with Gasteiger partial charge >= 0.3 is 5.97 Å². The van der Waals surface area contributed by atoms with Gasteiger partial charge in [-0.3, -0.25) is 4.79 Å². The predicted molar refractivity (Wildman–Crippen MR) is 59.2 cm³/mol. The molecule has 2 rings (SSSR count). The summed E-state index contributed by atoms with van der Waals surface area (Å²) in [6.07, 6.45) is 0.0170. The van der Waals surface area contributed by atoms with E-state index in [-0.39, 0.29) is 17.9 Å². The van der Waals surface area contributed by atoms with Crippen molar-refractivity contribution in [1.82, 2.24) is 0 Å². The molecular formula is C12H11NO3. The smallest absolute Gasteiger partial charge is 0.352 e. The van der Waals surface area contributed by atoms with Crippen molar-refractivity contribution in [2.75, 3.05) is 7.11 Å². The Hall–Kier alpha value is -1.97. The lowest BCUT2D eigenvalue weighted by molar-refractivity contribution is -0.132. The molecule has 0 N–H and O–H groups in total. The van der Waals surface area contributed by atoms with Crippen molar-refractivity contribution in [2.24, 2.45) is 4.99 Å². The van der Waals surface area contributed by atoms with E-state index in [4.69, 9.17) is 0 Å². The number of carbonyl (C=O) groups excluding carboxylic acids is 2. The Morgan fingerprint density at radius 3 is 2.88 bits per heavy atom. The summed E-state index contributed by atoms with van der Waals surface area (Å²) in [6.45, 7) is 1.91. The molecule has 0 aliphatic carbocycles. The average molecular weight is 217 g/mol. The molecule has 1 aromatic carbocycles. The van der Waals surface area contributed by atoms with E-state index >= 15 is 0 Å². The van der Waals surface area contributed by atoms with E-state index in [9.17, 15) is 9.59 Å². The van der Waals surface area contributed by atoms with Gasteiger partial charge in [-0.2, -0.15) is 0 Å². The number of methoxy groups -OCH3 is 1. The van der Waals surface area contributed by atoms with Crippen molar-refractivity contribution in [3.8, 4) is 0 Å². The number of hydrogen-bond donors (Lipinski definition) is 0. The number of fused-ring (bicyclic) bond motifs is 1. The van der Waals surface area contributed by atoms with Crippen LogP contribution in [0.25, 0.3) is 0 Å². The number of esters is 1. The number of carbonyl (C=O) groups is 2. The minimum absolute atomic E-state index is 0.0170. The largest absolute Gasteiger partial charge is 0.465 e. The molecule has 1 aliphatic heterocycles. The normalized spacial score (nSPS) is 14.1. The highest BCUT2D eigenvalue weighted by Gasteiger charge is 2.24. The Morgan fingerprint density at radius 2 is 2.19 bits per heavy atom. The van der Waals surface area contributed by atoms with Gasteiger partial charge in [-0.25, -0.2) is 9.79 Å². The van der Waals surface area contributed by atoms with Crippen molar-refractivity contribution in [1.29, 1.82) is 0 Å². The number of aliphatic imine (C=N–C) groups is 1. The van der Waals surface area contributed by atoms with E-state index in [1.807, 2.05) is 13.0 Å². The first-order valence-corrected chi connectivity index (χ1v) is 4.91. The lowest BCUT2D eigenvalue weighted by atomic mass is 9.98. The van der Waals surface area contributed by atoms with Crippen molar-refractivity contribution in [3.63, 3.8) is 0 Å². The fraction of sp³-hybridized carbons (Fsp3) is 0.250. The molecule has 0 atom stereocenters. The van der Waals surface area contributed by atoms with Gasteiger partial charge in [-0.1, -0.05) is 11.6 Å². The first-order chi connectivity index (χ1) is 7.61. The van der Waals surface area contributed by atoms with Gasteiger partial charge in [0.05, 0.1) is 19.2 Å². The van der Waals surface area contributed by atoms with Gasteiger partial charge in [-0.05, 0) is 19.1 Å². The maximum atomic E-state index is 11.8. The first kappa shape index (κ1) is 10.5. The zero-order chi connectivity index (χ0) is 11.7. The van der Waals surface area contributed by atoms with Gasteiger partial charge in [0.25, 0.3) is 0 Å². The first-order valence-electron chi connectivity index (χ1n) is 4.91. The van der Waals surface area contributed by atoms with Gasteiger partial charge in [0.1, 0.15) is 5.71 Å². The Labute approximate surface area is 92.9 Å². The Morgan fingerprint density at radius 1 is 1.44 bits per heavy atom. The minimum atomic E-state index is -0.542. The monoisotopic (exact) mass is 217 g/mol. The average Bonchev–Trinajstić information content (AvgIpc) is 2.28. The SMILES string of the molecule is COC(=O)C1=Nc2ccc(C)cc2C(=O)C1. The van der Waals surface area contributed by atoms with Gasteiger partial charge < -0.3 is 4.74 Å². The summed E-state index contributed by atoms with van der Waals surface area (Å²) in [7, 11) is 1.28. The highest BCUT2D eigenvalue weighted by Crippen LogP contribution is 2.26. The second kappa shape index (κ2) is 3.89. The predicted octanol–water partition coefficient (Wildman–Crippen LogP) is 1.83. The topological polar surface area (TPSA) is 55.7 Å². The number of hydrogen-bond acceptors (Lipinski definition) is 4. The molecule has 0 bridgehead atoms. The summed E-state index contributed by atoms with van der Waals surface area (Å²) < 4.78 is 4.55. The maximum absolute atomic E-state index is 11.8. The Kier molecular flexibility index (Phi) is 2.56. The summed E-state index contributed by atoms with van der Waals surface area (Å²) in [5.41, 5.74) is 2.29. The van der Waals surface area contributed by atoms with E-state index in [1.165, 1.54) is 7.11 Å². The van der Waals surface area contributed by atoms with Gasteiger partial charge in [0.2, 0.25) is 0 Å². The van der Waals surface area contributed by atoms with E-state index in [0.29, 0.717) is 11.3 Å². The molecule has 0 amide bonds. The van der Waals surface area contributed by atoms with Crippen LogP contribution in [0.4, 0.5) is 5.69 Å². The van der Waals surface area contributed by atoms with E-state index in [1.54, 1.807) is 12.1 Å². The number of ether oxygens (including phenoxy) is 1. The molecular weight excluding hydrogens is 206 g/mol. The van der Waals surface area contributed by atoms with Crippen LogP contribution in [-0.4, -0.2) is 24.6 Å². The van der Waals surface area contributed by atoms with Crippen molar-refractivity contribution in [3.05, 3.63) is 29.3 Å². The lowest BCUT2D eigenvalue weighted by Crippen LogP contribution is -2.22. The van der Waals surface area contributed by atoms with Crippen LogP contribution in [0.3, 0.4) is 0 Å². The lowest BCUT2D eigenvalue weighted by Gasteiger charge is -2.13. The molecule has 0 spiro atoms. The summed E-state index contributed by atoms with van der Waals surface area (Å²) in [5, 5.41) is 0. The standard InChI is InChI=1S/C12H11NO3/c1-7-3-4-9-8(5-7)11(14)6-10(13-9)12(15)16-2/h3-5H,6H2,1-2H3. The Bertz CT molecular complexity index is 503. The fourth-order valence-electron chi connectivity index (χ4n) is 1.64. The minimum Gasteiger partial charge on any atom is -0.465 e. The zero-order valence-electron chi connectivity index (χ0n) is 9.11. The number of rotatable bonds is 1. The maximum Gasteiger partial charge on any atom is 0.352 e. The van der Waals surface area contributed by atoms with E-state index in [0.717, 1.165) is 5.56 Å². The van der Waals surface area contributed by atoms with Crippen LogP contribution in [0.1, 0.15) is 22.3 Å². The molecule has 82 valence electrons. The molecule has 0 fully saturated rings. The number of ketones is 1. The molecule has 1 aromatic rings. The molecule has 16 heavy (non-hydrogen) atoms. The van der Waals surface area contributed by atoms with Crippen LogP contribution < -0.4 is 0 Å². The highest BCUT2D eigenvalue weighted by molar-refractivity contribution is 6.42. The molecule has 4 heteroatoms. The van der Waals surface area contributed by atoms with Crippen molar-refractivity contribution < 1.29 is 14.3 Å². The van der Waals surface area contributed by atoms with Crippen LogP contribution in [0.15, 0.2) is 23.2 Å². The summed E-state index contributed by atoms with van der Waals surface area (Å²) >= 11 is 0. The second-order valence-corrected chi connectivity index (χ2v) is 3.67. The summed E-state index contributed by atoms with van der Waals surface area (Å²) in [6, 6.07) is 5.38. The van der Waals surface area contributed by atoms with Crippen LogP contribution in [0.5, 0.6) is 0 Å². The summed E-state index contributed by atoms with van der Waals surface area (Å²) in [5.74, 6) is -0.631. The molecule has 0 aromatic heterocycles. The van der Waals surface area contributed by atoms with E-state index < -0.39 is 5.97 Å². The number of nitrogens with zero attached hydrogens (tertiary/aromatic N) is 1. The van der Waals surface area contributed by atoms with Crippen molar-refractivity contribution >= 4 is 23.2 Å². The third-order valence-corrected chi connectivity index (χ3v) is 2.46. The van der Waals surface area contributed by atoms with Gasteiger partial charge in [-0.15, -0.1) is 0 Å². The molecule has 0 saturated heterocycles. The molecule has 1 aliphatic rings. The molecule has 1 heterocycles. The summed E-state index contributed by atoms with van der Waals surface area (Å²) in [4.78, 5) is 27.2. The number of aryl methyl sites for hydroxylation is 1. The van der Waals surface area contributed by atoms with Crippen LogP contribution in [-0.2, 0) is 9.53 Å². The zero-order valence-corrected chi connectivity index (χ0v) is 9.11. The van der Waals surface area contributed by atoms with Crippen LogP contribution in [0, 0.1) is 6.92 Å². The Balaban J connectivity index is 2.49. The van der Waals surface area contributed by atoms with Gasteiger partial charge in [0.15, 0.2) is 5.78 Å². The van der Waals surface area contributed by atoms with Crippen molar-refractivity contribution in [2.45, 2.75) is 13.3 Å². The highest BCUT2D eigenvalue weighted by atomic mass is 16.5. The third kappa shape index (κ3) is 1.74. The third-order valence-electron chi connectivity index (χ3n) is 2.46. The van der Waals surface area contributed by atoms with Gasteiger partial charge in [0, 0.05) is 5.56 Å². The molecule has 0 saturated carbocycles. The molecule has 4 nitrogen and oxygen atoms in total. The van der Waals surface area contributed by atoms with E-state index in [2.05, 4.69) is 9.73 Å². The van der Waals surface area contributed by atoms with Crippen LogP contribution >= 0.6 is 0 Å². The van der Waals surface area contributed by atoms with Crippen LogP contribution in [0.2, 0.25) is 0 Å². The quantitative estimate of drug-likeness (QED) is 0.674.